The molecule has 2 aliphatic heterocycles. The maximum Gasteiger partial charge on any atom is 0.198 e. The highest BCUT2D eigenvalue weighted by molar-refractivity contribution is 7.99. The molecule has 2 heterocycles. The molecule has 22 heavy (non-hydrogen) atoms. The molecule has 0 aromatic heterocycles. The highest BCUT2D eigenvalue weighted by Crippen LogP contribution is 2.56. The molecule has 0 spiro atoms. The van der Waals surface area contributed by atoms with Crippen LogP contribution in [-0.2, 0) is 14.3 Å². The van der Waals surface area contributed by atoms with Gasteiger partial charge in [-0.3, -0.25) is 4.79 Å². The summed E-state index contributed by atoms with van der Waals surface area (Å²) in [7, 11) is 0. The minimum Gasteiger partial charge on any atom is -0.363 e. The van der Waals surface area contributed by atoms with Crippen molar-refractivity contribution in [2.45, 2.75) is 49.3 Å². The Labute approximate surface area is 134 Å². The first-order valence-corrected chi connectivity index (χ1v) is 8.69. The number of carbonyl (C=O) groups is 1. The average Bonchev–Trinajstić information content (AvgIpc) is 2.60. The third-order valence-corrected chi connectivity index (χ3v) is 6.37. The molecule has 1 aliphatic carbocycles. The van der Waals surface area contributed by atoms with E-state index < -0.39 is 17.7 Å². The van der Waals surface area contributed by atoms with Gasteiger partial charge in [-0.15, -0.1) is 11.8 Å². The Balaban J connectivity index is 1.55. The van der Waals surface area contributed by atoms with Crippen molar-refractivity contribution in [3.8, 4) is 0 Å². The highest BCUT2D eigenvalue weighted by Gasteiger charge is 2.69. The predicted molar refractivity (Wildman–Crippen MR) is 82.4 cm³/mol. The van der Waals surface area contributed by atoms with Crippen LogP contribution in [0.2, 0.25) is 0 Å². The van der Waals surface area contributed by atoms with Crippen molar-refractivity contribution in [3.05, 3.63) is 29.8 Å². The van der Waals surface area contributed by atoms with Crippen LogP contribution in [0.15, 0.2) is 29.2 Å². The molecule has 5 heteroatoms. The summed E-state index contributed by atoms with van der Waals surface area (Å²) < 4.78 is 11.7. The molecular weight excluding hydrogens is 300 g/mol. The largest absolute Gasteiger partial charge is 0.363 e. The van der Waals surface area contributed by atoms with Gasteiger partial charge in [-0.2, -0.15) is 0 Å². The van der Waals surface area contributed by atoms with Gasteiger partial charge in [0, 0.05) is 35.3 Å². The number of benzene rings is 1. The van der Waals surface area contributed by atoms with Crippen molar-refractivity contribution >= 4 is 17.5 Å². The zero-order valence-corrected chi connectivity index (χ0v) is 13.6. The first kappa shape index (κ1) is 14.7. The van der Waals surface area contributed by atoms with E-state index in [2.05, 4.69) is 25.1 Å². The smallest absolute Gasteiger partial charge is 0.198 e. The van der Waals surface area contributed by atoms with Gasteiger partial charge in [0.15, 0.2) is 12.1 Å². The number of aryl methyl sites for hydroxylation is 1. The van der Waals surface area contributed by atoms with Crippen LogP contribution in [0.4, 0.5) is 0 Å². The molecule has 2 saturated heterocycles. The Morgan fingerprint density at radius 2 is 2.23 bits per heavy atom. The molecule has 1 N–H and O–H groups in total. The number of ether oxygens (including phenoxy) is 2. The average molecular weight is 320 g/mol. The Kier molecular flexibility index (Phi) is 3.21. The predicted octanol–water partition coefficient (Wildman–Crippen LogP) is 2.52. The van der Waals surface area contributed by atoms with Gasteiger partial charge < -0.3 is 14.6 Å². The minimum atomic E-state index is -1.29. The van der Waals surface area contributed by atoms with Crippen LogP contribution in [0.3, 0.4) is 0 Å². The van der Waals surface area contributed by atoms with Crippen molar-refractivity contribution < 1.29 is 19.4 Å². The van der Waals surface area contributed by atoms with Crippen molar-refractivity contribution in [3.63, 3.8) is 0 Å². The number of ketones is 1. The van der Waals surface area contributed by atoms with Crippen LogP contribution in [-0.4, -0.2) is 34.3 Å². The lowest BCUT2D eigenvalue weighted by molar-refractivity contribution is -0.266. The molecule has 5 atom stereocenters. The first-order valence-electron chi connectivity index (χ1n) is 7.70. The summed E-state index contributed by atoms with van der Waals surface area (Å²) in [6.45, 7) is 3.86. The van der Waals surface area contributed by atoms with Gasteiger partial charge in [0.25, 0.3) is 0 Å². The molecular formula is C17H20O4S. The van der Waals surface area contributed by atoms with E-state index in [1.807, 2.05) is 6.07 Å². The molecule has 118 valence electrons. The summed E-state index contributed by atoms with van der Waals surface area (Å²) >= 11 is 1.72. The molecule has 0 radical (unpaired) electrons. The van der Waals surface area contributed by atoms with E-state index in [9.17, 15) is 9.90 Å². The van der Waals surface area contributed by atoms with E-state index in [1.165, 1.54) is 10.5 Å². The molecule has 0 unspecified atom stereocenters. The number of hydrogen-bond acceptors (Lipinski definition) is 5. The Morgan fingerprint density at radius 1 is 1.41 bits per heavy atom. The third kappa shape index (κ3) is 2.07. The number of thioether (sulfide) groups is 1. The van der Waals surface area contributed by atoms with Gasteiger partial charge in [0.05, 0.1) is 0 Å². The maximum absolute atomic E-state index is 12.4. The van der Waals surface area contributed by atoms with Crippen LogP contribution in [0, 0.1) is 18.8 Å². The van der Waals surface area contributed by atoms with Gasteiger partial charge in [-0.25, -0.2) is 0 Å². The van der Waals surface area contributed by atoms with Gasteiger partial charge in [0.1, 0.15) is 11.4 Å². The molecule has 3 bridgehead atoms. The second-order valence-electron chi connectivity index (χ2n) is 6.86. The summed E-state index contributed by atoms with van der Waals surface area (Å²) in [6, 6.07) is 8.33. The quantitative estimate of drug-likeness (QED) is 0.867. The number of hydrogen-bond donors (Lipinski definition) is 1. The number of rotatable bonds is 3. The second kappa shape index (κ2) is 4.81. The van der Waals surface area contributed by atoms with Crippen LogP contribution in [0.25, 0.3) is 0 Å². The molecule has 1 aromatic carbocycles. The molecule has 1 aromatic rings. The lowest BCUT2D eigenvalue weighted by Crippen LogP contribution is -2.59. The van der Waals surface area contributed by atoms with E-state index >= 15 is 0 Å². The fourth-order valence-corrected chi connectivity index (χ4v) is 5.07. The van der Waals surface area contributed by atoms with Crippen molar-refractivity contribution in [2.24, 2.45) is 11.8 Å². The third-order valence-electron chi connectivity index (χ3n) is 5.23. The summed E-state index contributed by atoms with van der Waals surface area (Å²) in [5.41, 5.74) is 0.342. The Bertz CT molecular complexity index is 633. The number of carbonyl (C=O) groups excluding carboxylic acids is 1. The number of aliphatic hydroxyl groups is 1. The molecule has 3 aliphatic rings. The normalized spacial score (nSPS) is 42.9. The van der Waals surface area contributed by atoms with E-state index in [-0.39, 0.29) is 24.0 Å². The fourth-order valence-electron chi connectivity index (χ4n) is 3.86. The second-order valence-corrected chi connectivity index (χ2v) is 7.96. The van der Waals surface area contributed by atoms with E-state index in [1.54, 1.807) is 18.7 Å². The molecule has 0 amide bonds. The van der Waals surface area contributed by atoms with E-state index in [0.29, 0.717) is 6.42 Å². The molecule has 4 rings (SSSR count). The minimum absolute atomic E-state index is 0.00242. The highest BCUT2D eigenvalue weighted by atomic mass is 32.2. The SMILES string of the molecule is Cc1cccc(SC[C@@H]2[C@H]3O[C@@]4(C)CC(=O)[C@@H]2C[C@]4(O)O3)c1. The number of fused-ring (bicyclic) bond motifs is 2. The van der Waals surface area contributed by atoms with Crippen LogP contribution in [0.5, 0.6) is 0 Å². The van der Waals surface area contributed by atoms with E-state index in [4.69, 9.17) is 9.47 Å². The summed E-state index contributed by atoms with van der Waals surface area (Å²) in [6.07, 6.45) is 0.131. The number of Topliss-reactive ketones (excluding diaryl/α,β-unsaturated/α-hetero) is 1. The van der Waals surface area contributed by atoms with Gasteiger partial charge in [0.2, 0.25) is 0 Å². The topological polar surface area (TPSA) is 55.8 Å². The van der Waals surface area contributed by atoms with Crippen LogP contribution in [0.1, 0.15) is 25.3 Å². The molecule has 1 saturated carbocycles. The summed E-state index contributed by atoms with van der Waals surface area (Å²) in [5, 5.41) is 10.6. The lowest BCUT2D eigenvalue weighted by Gasteiger charge is -2.45. The van der Waals surface area contributed by atoms with Crippen molar-refractivity contribution in [1.29, 1.82) is 0 Å². The standard InChI is InChI=1S/C17H20O4S/c1-10-4-3-5-11(6-10)22-9-13-12-7-17(19)16(2,8-14(12)18)20-15(13)21-17/h3-6,12-13,15,19H,7-9H2,1-2H3/t12-,13+,15+,16+,17+/m1/s1. The van der Waals surface area contributed by atoms with E-state index in [0.717, 1.165) is 5.75 Å². The van der Waals surface area contributed by atoms with Gasteiger partial charge in [-0.1, -0.05) is 17.7 Å². The zero-order valence-electron chi connectivity index (χ0n) is 12.7. The molecule has 4 nitrogen and oxygen atoms in total. The molecule has 3 fully saturated rings. The summed E-state index contributed by atoms with van der Waals surface area (Å²) in [5.74, 6) is -0.482. The fraction of sp³-hybridized carbons (Fsp3) is 0.588. The Hall–Kier alpha value is -0.880. The van der Waals surface area contributed by atoms with Crippen LogP contribution >= 0.6 is 11.8 Å². The maximum atomic E-state index is 12.4. The lowest BCUT2D eigenvalue weighted by atomic mass is 9.70. The first-order chi connectivity index (χ1) is 10.4. The summed E-state index contributed by atoms with van der Waals surface area (Å²) in [4.78, 5) is 13.6. The monoisotopic (exact) mass is 320 g/mol. The van der Waals surface area contributed by atoms with Crippen LogP contribution < -0.4 is 0 Å². The van der Waals surface area contributed by atoms with Gasteiger partial charge >= 0.3 is 0 Å². The Morgan fingerprint density at radius 3 is 3.00 bits per heavy atom. The van der Waals surface area contributed by atoms with Gasteiger partial charge in [-0.05, 0) is 26.0 Å². The van der Waals surface area contributed by atoms with Crippen molar-refractivity contribution in [2.75, 3.05) is 5.75 Å². The zero-order chi connectivity index (χ0) is 15.5. The van der Waals surface area contributed by atoms with Crippen molar-refractivity contribution in [1.82, 2.24) is 0 Å².